The second kappa shape index (κ2) is 7.36. The van der Waals surface area contributed by atoms with Crippen molar-refractivity contribution >= 4 is 5.96 Å². The molecule has 1 aliphatic rings. The van der Waals surface area contributed by atoms with Crippen LogP contribution in [-0.2, 0) is 0 Å². The van der Waals surface area contributed by atoms with Crippen molar-refractivity contribution in [2.75, 3.05) is 26.7 Å². The van der Waals surface area contributed by atoms with Crippen LogP contribution in [0.25, 0.3) is 0 Å². The zero-order chi connectivity index (χ0) is 12.7. The van der Waals surface area contributed by atoms with Gasteiger partial charge in [-0.25, -0.2) is 0 Å². The Morgan fingerprint density at radius 1 is 1.53 bits per heavy atom. The molecule has 17 heavy (non-hydrogen) atoms. The lowest BCUT2D eigenvalue weighted by Crippen LogP contribution is -2.40. The summed E-state index contributed by atoms with van der Waals surface area (Å²) in [6.45, 7) is 11.4. The summed E-state index contributed by atoms with van der Waals surface area (Å²) >= 11 is 0. The van der Waals surface area contributed by atoms with Gasteiger partial charge in [-0.15, -0.1) is 6.58 Å². The molecule has 98 valence electrons. The molecule has 3 heteroatoms. The van der Waals surface area contributed by atoms with Crippen LogP contribution < -0.4 is 5.32 Å². The Balaban J connectivity index is 2.50. The third-order valence-corrected chi connectivity index (χ3v) is 3.86. The largest absolute Gasteiger partial charge is 0.353 e. The van der Waals surface area contributed by atoms with Gasteiger partial charge in [0.2, 0.25) is 0 Å². The molecule has 0 aromatic rings. The van der Waals surface area contributed by atoms with Crippen LogP contribution in [0.3, 0.4) is 0 Å². The van der Waals surface area contributed by atoms with Crippen molar-refractivity contribution in [3.63, 3.8) is 0 Å². The molecule has 0 aromatic heterocycles. The van der Waals surface area contributed by atoms with Gasteiger partial charge in [-0.2, -0.15) is 0 Å². The SMILES string of the molecule is C=CCNC(=NC)N1CCC(C(CC)CC)C1. The van der Waals surface area contributed by atoms with Crippen LogP contribution in [0, 0.1) is 11.8 Å². The average Bonchev–Trinajstić information content (AvgIpc) is 2.81. The highest BCUT2D eigenvalue weighted by molar-refractivity contribution is 5.80. The maximum absolute atomic E-state index is 4.34. The van der Waals surface area contributed by atoms with Crippen molar-refractivity contribution in [2.45, 2.75) is 33.1 Å². The molecule has 0 spiro atoms. The Morgan fingerprint density at radius 3 is 2.76 bits per heavy atom. The summed E-state index contributed by atoms with van der Waals surface area (Å²) in [6, 6.07) is 0. The molecule has 1 saturated heterocycles. The Kier molecular flexibility index (Phi) is 6.09. The fraction of sp³-hybridized carbons (Fsp3) is 0.786. The monoisotopic (exact) mass is 237 g/mol. The van der Waals surface area contributed by atoms with Crippen molar-refractivity contribution in [1.82, 2.24) is 10.2 Å². The number of aliphatic imine (C=N–C) groups is 1. The van der Waals surface area contributed by atoms with E-state index in [1.807, 2.05) is 13.1 Å². The van der Waals surface area contributed by atoms with Gasteiger partial charge in [-0.1, -0.05) is 32.8 Å². The molecule has 1 heterocycles. The fourth-order valence-electron chi connectivity index (χ4n) is 2.82. The van der Waals surface area contributed by atoms with E-state index in [0.717, 1.165) is 37.4 Å². The van der Waals surface area contributed by atoms with E-state index in [1.54, 1.807) is 0 Å². The second-order valence-corrected chi connectivity index (χ2v) is 4.79. The van der Waals surface area contributed by atoms with Gasteiger partial charge in [0.15, 0.2) is 5.96 Å². The number of nitrogens with zero attached hydrogens (tertiary/aromatic N) is 2. The number of hydrogen-bond acceptors (Lipinski definition) is 1. The highest BCUT2D eigenvalue weighted by Gasteiger charge is 2.28. The zero-order valence-corrected chi connectivity index (χ0v) is 11.6. The van der Waals surface area contributed by atoms with E-state index in [4.69, 9.17) is 0 Å². The van der Waals surface area contributed by atoms with Crippen molar-refractivity contribution in [3.05, 3.63) is 12.7 Å². The first-order valence-corrected chi connectivity index (χ1v) is 6.83. The predicted octanol–water partition coefficient (Wildman–Crippen LogP) is 2.51. The van der Waals surface area contributed by atoms with Gasteiger partial charge in [-0.3, -0.25) is 4.99 Å². The van der Waals surface area contributed by atoms with Crippen LogP contribution in [0.2, 0.25) is 0 Å². The van der Waals surface area contributed by atoms with E-state index < -0.39 is 0 Å². The summed E-state index contributed by atoms with van der Waals surface area (Å²) in [7, 11) is 1.86. The second-order valence-electron chi connectivity index (χ2n) is 4.79. The van der Waals surface area contributed by atoms with Crippen LogP contribution >= 0.6 is 0 Å². The number of likely N-dealkylation sites (tertiary alicyclic amines) is 1. The minimum atomic E-state index is 0.791. The van der Waals surface area contributed by atoms with Crippen molar-refractivity contribution in [1.29, 1.82) is 0 Å². The minimum Gasteiger partial charge on any atom is -0.353 e. The van der Waals surface area contributed by atoms with Gasteiger partial charge in [-0.05, 0) is 18.3 Å². The molecule has 0 amide bonds. The van der Waals surface area contributed by atoms with E-state index in [9.17, 15) is 0 Å². The summed E-state index contributed by atoms with van der Waals surface area (Å²) in [5.74, 6) is 2.74. The van der Waals surface area contributed by atoms with Crippen LogP contribution in [0.1, 0.15) is 33.1 Å². The van der Waals surface area contributed by atoms with Gasteiger partial charge < -0.3 is 10.2 Å². The first kappa shape index (κ1) is 14.1. The van der Waals surface area contributed by atoms with Crippen LogP contribution in [-0.4, -0.2) is 37.5 Å². The Bertz CT molecular complexity index is 256. The van der Waals surface area contributed by atoms with Crippen LogP contribution in [0.15, 0.2) is 17.6 Å². The van der Waals surface area contributed by atoms with E-state index in [0.29, 0.717) is 0 Å². The summed E-state index contributed by atoms with van der Waals surface area (Å²) < 4.78 is 0. The molecule has 0 bridgehead atoms. The number of hydrogen-bond donors (Lipinski definition) is 1. The molecule has 0 saturated carbocycles. The van der Waals surface area contributed by atoms with E-state index in [-0.39, 0.29) is 0 Å². The topological polar surface area (TPSA) is 27.6 Å². The lowest BCUT2D eigenvalue weighted by Gasteiger charge is -2.23. The first-order chi connectivity index (χ1) is 8.26. The number of guanidine groups is 1. The molecule has 1 fully saturated rings. The molecule has 1 N–H and O–H groups in total. The van der Waals surface area contributed by atoms with Crippen LogP contribution in [0.5, 0.6) is 0 Å². The maximum Gasteiger partial charge on any atom is 0.193 e. The van der Waals surface area contributed by atoms with E-state index >= 15 is 0 Å². The Labute approximate surface area is 106 Å². The summed E-state index contributed by atoms with van der Waals surface area (Å²) in [5.41, 5.74) is 0. The molecule has 0 aromatic carbocycles. The summed E-state index contributed by atoms with van der Waals surface area (Å²) in [6.07, 6.45) is 5.78. The summed E-state index contributed by atoms with van der Waals surface area (Å²) in [5, 5.41) is 3.31. The first-order valence-electron chi connectivity index (χ1n) is 6.83. The number of nitrogens with one attached hydrogen (secondary N) is 1. The third-order valence-electron chi connectivity index (χ3n) is 3.86. The minimum absolute atomic E-state index is 0.791. The molecule has 3 nitrogen and oxygen atoms in total. The van der Waals surface area contributed by atoms with Gasteiger partial charge in [0, 0.05) is 26.7 Å². The van der Waals surface area contributed by atoms with E-state index in [1.165, 1.54) is 19.3 Å². The molecule has 0 radical (unpaired) electrons. The molecular weight excluding hydrogens is 210 g/mol. The van der Waals surface area contributed by atoms with Crippen molar-refractivity contribution in [2.24, 2.45) is 16.8 Å². The fourth-order valence-corrected chi connectivity index (χ4v) is 2.82. The smallest absolute Gasteiger partial charge is 0.193 e. The number of rotatable bonds is 5. The third kappa shape index (κ3) is 3.76. The molecule has 0 aliphatic carbocycles. The standard InChI is InChI=1S/C14H27N3/c1-5-9-16-14(15-4)17-10-8-13(11-17)12(6-2)7-3/h5,12-13H,1,6-11H2,2-4H3,(H,15,16). The van der Waals surface area contributed by atoms with Gasteiger partial charge in [0.1, 0.15) is 0 Å². The highest BCUT2D eigenvalue weighted by atomic mass is 15.3. The molecule has 1 rings (SSSR count). The van der Waals surface area contributed by atoms with Gasteiger partial charge >= 0.3 is 0 Å². The Hall–Kier alpha value is -0.990. The maximum atomic E-state index is 4.34. The van der Waals surface area contributed by atoms with Crippen LogP contribution in [0.4, 0.5) is 0 Å². The normalized spacial score (nSPS) is 21.1. The van der Waals surface area contributed by atoms with Gasteiger partial charge in [0.25, 0.3) is 0 Å². The quantitative estimate of drug-likeness (QED) is 0.452. The average molecular weight is 237 g/mol. The Morgan fingerprint density at radius 2 is 2.24 bits per heavy atom. The van der Waals surface area contributed by atoms with E-state index in [2.05, 4.69) is 35.6 Å². The predicted molar refractivity (Wildman–Crippen MR) is 75.3 cm³/mol. The molecule has 1 unspecified atom stereocenters. The van der Waals surface area contributed by atoms with Crippen molar-refractivity contribution < 1.29 is 0 Å². The lowest BCUT2D eigenvalue weighted by atomic mass is 9.87. The zero-order valence-electron chi connectivity index (χ0n) is 11.6. The molecule has 1 aliphatic heterocycles. The molecular formula is C14H27N3. The van der Waals surface area contributed by atoms with Gasteiger partial charge in [0.05, 0.1) is 0 Å². The lowest BCUT2D eigenvalue weighted by molar-refractivity contribution is 0.319. The highest BCUT2D eigenvalue weighted by Crippen LogP contribution is 2.28. The molecule has 1 atom stereocenters. The van der Waals surface area contributed by atoms with Crippen molar-refractivity contribution in [3.8, 4) is 0 Å². The summed E-state index contributed by atoms with van der Waals surface area (Å²) in [4.78, 5) is 6.72.